The van der Waals surface area contributed by atoms with Crippen molar-refractivity contribution in [3.63, 3.8) is 0 Å². The summed E-state index contributed by atoms with van der Waals surface area (Å²) in [4.78, 5) is 38.2. The number of hydrogen-bond donors (Lipinski definition) is 3. The summed E-state index contributed by atoms with van der Waals surface area (Å²) in [6.07, 6.45) is 1.90. The molecule has 170 valence electrons. The number of benzene rings is 2. The van der Waals surface area contributed by atoms with Crippen LogP contribution < -0.4 is 10.6 Å². The van der Waals surface area contributed by atoms with E-state index < -0.39 is 11.7 Å². The van der Waals surface area contributed by atoms with Crippen molar-refractivity contribution in [3.05, 3.63) is 53.3 Å². The summed E-state index contributed by atoms with van der Waals surface area (Å²) in [7, 11) is 0. The van der Waals surface area contributed by atoms with Gasteiger partial charge in [0.15, 0.2) is 0 Å². The number of aromatic hydroxyl groups is 1. The second kappa shape index (κ2) is 10.7. The Morgan fingerprint density at radius 2 is 1.75 bits per heavy atom. The number of hydrogen-bond acceptors (Lipinski definition) is 4. The van der Waals surface area contributed by atoms with Crippen molar-refractivity contribution in [1.29, 1.82) is 0 Å². The third-order valence-corrected chi connectivity index (χ3v) is 5.49. The molecule has 2 aromatic carbocycles. The highest BCUT2D eigenvalue weighted by Crippen LogP contribution is 2.31. The number of halogens is 1. The fourth-order valence-corrected chi connectivity index (χ4v) is 3.70. The number of amides is 3. The molecule has 0 spiro atoms. The van der Waals surface area contributed by atoms with Crippen molar-refractivity contribution < 1.29 is 23.9 Å². The van der Waals surface area contributed by atoms with Crippen LogP contribution in [-0.4, -0.2) is 53.9 Å². The quantitative estimate of drug-likeness (QED) is 0.585. The Morgan fingerprint density at radius 1 is 0.969 bits per heavy atom. The molecular weight excluding hydrogens is 413 g/mol. The summed E-state index contributed by atoms with van der Waals surface area (Å²) >= 11 is 0. The highest BCUT2D eigenvalue weighted by molar-refractivity contribution is 5.96. The molecule has 2 aromatic rings. The highest BCUT2D eigenvalue weighted by atomic mass is 19.1. The third kappa shape index (κ3) is 6.06. The number of phenols is 1. The van der Waals surface area contributed by atoms with Gasteiger partial charge < -0.3 is 20.6 Å². The first-order valence-electron chi connectivity index (χ1n) is 10.8. The summed E-state index contributed by atoms with van der Waals surface area (Å²) < 4.78 is 14.4. The summed E-state index contributed by atoms with van der Waals surface area (Å²) in [5.74, 6) is -1.37. The molecule has 1 aliphatic rings. The van der Waals surface area contributed by atoms with Crippen LogP contribution in [0.1, 0.15) is 42.1 Å². The van der Waals surface area contributed by atoms with Gasteiger partial charge in [-0.25, -0.2) is 4.39 Å². The van der Waals surface area contributed by atoms with Crippen LogP contribution >= 0.6 is 0 Å². The predicted octanol–water partition coefficient (Wildman–Crippen LogP) is 2.62. The first-order valence-corrected chi connectivity index (χ1v) is 10.8. The number of nitrogens with zero attached hydrogens (tertiary/aromatic N) is 1. The Labute approximate surface area is 186 Å². The average molecular weight is 442 g/mol. The van der Waals surface area contributed by atoms with Crippen LogP contribution in [0.25, 0.3) is 11.1 Å². The monoisotopic (exact) mass is 441 g/mol. The lowest BCUT2D eigenvalue weighted by Crippen LogP contribution is -2.34. The van der Waals surface area contributed by atoms with Crippen LogP contribution in [0.5, 0.6) is 5.75 Å². The Balaban J connectivity index is 1.87. The zero-order valence-electron chi connectivity index (χ0n) is 18.1. The molecule has 4 bridgehead atoms. The summed E-state index contributed by atoms with van der Waals surface area (Å²) in [6.45, 7) is 3.05. The van der Waals surface area contributed by atoms with Crippen molar-refractivity contribution in [1.82, 2.24) is 15.5 Å². The molecule has 0 saturated carbocycles. The molecule has 0 radical (unpaired) electrons. The molecule has 3 amide bonds. The Bertz CT molecular complexity index is 1010. The molecule has 0 aromatic heterocycles. The van der Waals surface area contributed by atoms with Crippen molar-refractivity contribution in [3.8, 4) is 16.9 Å². The van der Waals surface area contributed by atoms with E-state index in [9.17, 15) is 23.9 Å². The lowest BCUT2D eigenvalue weighted by Gasteiger charge is -2.21. The van der Waals surface area contributed by atoms with Crippen LogP contribution in [0.4, 0.5) is 4.39 Å². The molecule has 8 heteroatoms. The second-order valence-electron chi connectivity index (χ2n) is 7.87. The fraction of sp³-hybridized carbons (Fsp3) is 0.375. The molecule has 32 heavy (non-hydrogen) atoms. The minimum atomic E-state index is -0.652. The van der Waals surface area contributed by atoms with E-state index in [1.54, 1.807) is 23.1 Å². The summed E-state index contributed by atoms with van der Waals surface area (Å²) in [5, 5.41) is 15.9. The number of carbonyl (C=O) groups excluding carboxylic acids is 3. The van der Waals surface area contributed by atoms with Gasteiger partial charge in [-0.05, 0) is 54.7 Å². The molecule has 1 heterocycles. The maximum atomic E-state index is 14.4. The molecule has 3 N–H and O–H groups in total. The van der Waals surface area contributed by atoms with Crippen molar-refractivity contribution in [2.45, 2.75) is 32.6 Å². The van der Waals surface area contributed by atoms with Crippen LogP contribution in [-0.2, 0) is 16.0 Å². The van der Waals surface area contributed by atoms with E-state index in [1.807, 2.05) is 0 Å². The largest absolute Gasteiger partial charge is 0.507 e. The predicted molar refractivity (Wildman–Crippen MR) is 119 cm³/mol. The normalized spacial score (nSPS) is 16.2. The molecule has 3 rings (SSSR count). The fourth-order valence-electron chi connectivity index (χ4n) is 3.70. The first-order chi connectivity index (χ1) is 15.3. The molecule has 1 aliphatic heterocycles. The molecule has 7 nitrogen and oxygen atoms in total. The zero-order valence-corrected chi connectivity index (χ0v) is 18.1. The maximum Gasteiger partial charge on any atom is 0.254 e. The first kappa shape index (κ1) is 23.2. The lowest BCUT2D eigenvalue weighted by atomic mass is 9.98. The number of nitrogens with one attached hydrogen (secondary N) is 2. The SMILES string of the molecule is CC(=O)N1CCCNC(=O)c2cc(ccc2F)-c2cc(ccc2O)CCNC(=O)CCC1. The van der Waals surface area contributed by atoms with E-state index in [2.05, 4.69) is 10.6 Å². The summed E-state index contributed by atoms with van der Waals surface area (Å²) in [6, 6.07) is 9.22. The van der Waals surface area contributed by atoms with E-state index in [0.29, 0.717) is 56.4 Å². The minimum absolute atomic E-state index is 0.0194. The lowest BCUT2D eigenvalue weighted by molar-refractivity contribution is -0.129. The topological polar surface area (TPSA) is 98.7 Å². The van der Waals surface area contributed by atoms with Gasteiger partial charge in [0.05, 0.1) is 5.56 Å². The smallest absolute Gasteiger partial charge is 0.254 e. The molecule has 0 atom stereocenters. The molecule has 0 fully saturated rings. The van der Waals surface area contributed by atoms with E-state index >= 15 is 0 Å². The average Bonchev–Trinajstić information content (AvgIpc) is 2.76. The van der Waals surface area contributed by atoms with Crippen LogP contribution in [0.15, 0.2) is 36.4 Å². The Hall–Kier alpha value is -3.42. The van der Waals surface area contributed by atoms with Crippen LogP contribution in [0.2, 0.25) is 0 Å². The highest BCUT2D eigenvalue weighted by Gasteiger charge is 2.16. The number of carbonyl (C=O) groups is 3. The minimum Gasteiger partial charge on any atom is -0.507 e. The van der Waals surface area contributed by atoms with Gasteiger partial charge in [-0.2, -0.15) is 0 Å². The van der Waals surface area contributed by atoms with Crippen molar-refractivity contribution in [2.24, 2.45) is 0 Å². The second-order valence-corrected chi connectivity index (χ2v) is 7.87. The van der Waals surface area contributed by atoms with Gasteiger partial charge in [0.25, 0.3) is 5.91 Å². The van der Waals surface area contributed by atoms with Crippen molar-refractivity contribution in [2.75, 3.05) is 26.2 Å². The molecular formula is C24H28FN3O4. The van der Waals surface area contributed by atoms with E-state index in [-0.39, 0.29) is 29.7 Å². The van der Waals surface area contributed by atoms with Gasteiger partial charge in [-0.1, -0.05) is 12.1 Å². The molecule has 0 saturated heterocycles. The number of rotatable bonds is 0. The van der Waals surface area contributed by atoms with Crippen molar-refractivity contribution >= 4 is 17.7 Å². The Kier molecular flexibility index (Phi) is 7.81. The van der Waals surface area contributed by atoms with Gasteiger partial charge in [0.1, 0.15) is 11.6 Å². The molecule has 0 aliphatic carbocycles. The van der Waals surface area contributed by atoms with Gasteiger partial charge in [-0.15, -0.1) is 0 Å². The number of fused-ring (bicyclic) bond motifs is 5. The van der Waals surface area contributed by atoms with Gasteiger partial charge in [-0.3, -0.25) is 14.4 Å². The van der Waals surface area contributed by atoms with Gasteiger partial charge in [0.2, 0.25) is 11.8 Å². The Morgan fingerprint density at radius 3 is 2.53 bits per heavy atom. The van der Waals surface area contributed by atoms with Gasteiger partial charge >= 0.3 is 0 Å². The zero-order chi connectivity index (χ0) is 23.1. The van der Waals surface area contributed by atoms with Crippen LogP contribution in [0, 0.1) is 5.82 Å². The maximum absolute atomic E-state index is 14.4. The van der Waals surface area contributed by atoms with E-state index in [0.717, 1.165) is 5.56 Å². The van der Waals surface area contributed by atoms with Crippen LogP contribution in [0.3, 0.4) is 0 Å². The van der Waals surface area contributed by atoms with E-state index in [1.165, 1.54) is 25.1 Å². The van der Waals surface area contributed by atoms with E-state index in [4.69, 9.17) is 0 Å². The third-order valence-electron chi connectivity index (χ3n) is 5.49. The standard InChI is InChI=1S/C24H28FN3O4/c1-16(29)28-12-2-4-23(31)26-11-9-17-5-8-22(30)19(14-17)18-6-7-21(25)20(15-18)24(32)27-10-3-13-28/h5-8,14-15,30H,2-4,9-13H2,1H3,(H,26,31)(H,27,32). The summed E-state index contributed by atoms with van der Waals surface area (Å²) in [5.41, 5.74) is 1.77. The number of phenolic OH excluding ortho intramolecular Hbond substituents is 1. The van der Waals surface area contributed by atoms with Gasteiger partial charge in [0, 0.05) is 45.1 Å². The molecule has 0 unspecified atom stereocenters.